The molecular weight excluding hydrogens is 566 g/mol. The minimum atomic E-state index is 0.446. The molecule has 1 aliphatic rings. The first kappa shape index (κ1) is 25.9. The number of fused-ring (bicyclic) bond motifs is 4. The molecule has 0 fully saturated rings. The number of ether oxygens (including phenoxy) is 1. The zero-order valence-corrected chi connectivity index (χ0v) is 24.1. The Bertz CT molecular complexity index is 2130. The number of halogens is 1. The summed E-state index contributed by atoms with van der Waals surface area (Å²) in [5.74, 6) is 2.73. The summed E-state index contributed by atoms with van der Waals surface area (Å²) in [5.41, 5.74) is 12.3. The van der Waals surface area contributed by atoms with Gasteiger partial charge in [0.25, 0.3) is 0 Å². The highest BCUT2D eigenvalue weighted by Crippen LogP contribution is 2.55. The smallest absolute Gasteiger partial charge is 0.239 e. The third-order valence-corrected chi connectivity index (χ3v) is 8.05. The Morgan fingerprint density at radius 2 is 1.16 bits per heavy atom. The van der Waals surface area contributed by atoms with Gasteiger partial charge in [-0.05, 0) is 35.2 Å². The molecule has 0 saturated carbocycles. The van der Waals surface area contributed by atoms with Gasteiger partial charge in [0.05, 0.1) is 16.4 Å². The quantitative estimate of drug-likeness (QED) is 0.206. The first-order valence-corrected chi connectivity index (χ1v) is 14.6. The molecule has 0 saturated heterocycles. The van der Waals surface area contributed by atoms with E-state index < -0.39 is 0 Å². The fraction of sp³-hybridized carbons (Fsp3) is 0. The van der Waals surface area contributed by atoms with E-state index in [4.69, 9.17) is 37.0 Å². The molecule has 6 nitrogen and oxygen atoms in total. The second kappa shape index (κ2) is 10.5. The summed E-state index contributed by atoms with van der Waals surface area (Å²) >= 11 is 6.82. The minimum absolute atomic E-state index is 0.446. The highest BCUT2D eigenvalue weighted by atomic mass is 35.5. The van der Waals surface area contributed by atoms with Gasteiger partial charge in [-0.15, -0.1) is 0 Å². The molecule has 210 valence electrons. The number of rotatable bonds is 4. The van der Waals surface area contributed by atoms with E-state index in [2.05, 4.69) is 18.2 Å². The SMILES string of the molecule is Nc1ccccc1-c1cccc2ccc3c(c12)Oc1c(Cl)cccc1N3c1nc(-c2ccccc2)nc(-c2ccccc2)n1. The molecule has 7 aromatic rings. The van der Waals surface area contributed by atoms with Crippen LogP contribution >= 0.6 is 11.6 Å². The van der Waals surface area contributed by atoms with Crippen LogP contribution in [0, 0.1) is 0 Å². The van der Waals surface area contributed by atoms with Gasteiger partial charge in [-0.25, -0.2) is 4.98 Å². The van der Waals surface area contributed by atoms with Crippen LogP contribution in [0.1, 0.15) is 0 Å². The number of hydrogen-bond acceptors (Lipinski definition) is 6. The second-order valence-corrected chi connectivity index (χ2v) is 10.9. The number of hydrogen-bond donors (Lipinski definition) is 1. The fourth-order valence-corrected chi connectivity index (χ4v) is 5.91. The molecule has 8 rings (SSSR count). The van der Waals surface area contributed by atoms with Crippen LogP contribution in [-0.2, 0) is 0 Å². The molecule has 0 amide bonds. The summed E-state index contributed by atoms with van der Waals surface area (Å²) < 4.78 is 6.72. The van der Waals surface area contributed by atoms with E-state index >= 15 is 0 Å². The lowest BCUT2D eigenvalue weighted by atomic mass is 9.95. The van der Waals surface area contributed by atoms with Crippen LogP contribution in [0.4, 0.5) is 23.0 Å². The fourth-order valence-electron chi connectivity index (χ4n) is 5.70. The summed E-state index contributed by atoms with van der Waals surface area (Å²) in [7, 11) is 0. The predicted molar refractivity (Wildman–Crippen MR) is 178 cm³/mol. The number of anilines is 4. The maximum atomic E-state index is 6.82. The molecule has 0 bridgehead atoms. The molecule has 0 unspecified atom stereocenters. The van der Waals surface area contributed by atoms with Gasteiger partial charge in [0.1, 0.15) is 0 Å². The van der Waals surface area contributed by atoms with E-state index in [0.29, 0.717) is 39.8 Å². The van der Waals surface area contributed by atoms with Crippen molar-refractivity contribution in [2.75, 3.05) is 10.6 Å². The van der Waals surface area contributed by atoms with Crippen molar-refractivity contribution in [3.05, 3.63) is 138 Å². The van der Waals surface area contributed by atoms with Gasteiger partial charge in [0.2, 0.25) is 5.95 Å². The summed E-state index contributed by atoms with van der Waals surface area (Å²) in [6.45, 7) is 0. The standard InChI is InChI=1S/C37H24ClN5O/c38-28-18-10-20-30-33(28)44-34-31(22-21-23-15-9-17-27(32(23)34)26-16-7-8-19-29(26)39)43(30)37-41-35(24-11-3-1-4-12-24)40-36(42-37)25-13-5-2-6-14-25/h1-22H,39H2. The molecule has 0 aliphatic carbocycles. The number of nitrogens with zero attached hydrogens (tertiary/aromatic N) is 4. The number of aromatic nitrogens is 3. The Balaban J connectivity index is 1.43. The van der Waals surface area contributed by atoms with Crippen molar-refractivity contribution in [2.45, 2.75) is 0 Å². The highest BCUT2D eigenvalue weighted by molar-refractivity contribution is 6.32. The van der Waals surface area contributed by atoms with Crippen LogP contribution in [0.5, 0.6) is 11.5 Å². The second-order valence-electron chi connectivity index (χ2n) is 10.4. The van der Waals surface area contributed by atoms with Crippen molar-refractivity contribution in [2.24, 2.45) is 0 Å². The highest BCUT2D eigenvalue weighted by Gasteiger charge is 2.32. The number of nitrogen functional groups attached to an aromatic ring is 1. The topological polar surface area (TPSA) is 77.2 Å². The average Bonchev–Trinajstić information content (AvgIpc) is 3.08. The van der Waals surface area contributed by atoms with Crippen LogP contribution in [-0.4, -0.2) is 15.0 Å². The molecule has 1 aliphatic heterocycles. The number of para-hydroxylation sites is 2. The summed E-state index contributed by atoms with van der Waals surface area (Å²) in [4.78, 5) is 17.0. The molecule has 0 atom stereocenters. The monoisotopic (exact) mass is 589 g/mol. The lowest BCUT2D eigenvalue weighted by Crippen LogP contribution is -2.19. The van der Waals surface area contributed by atoms with Crippen molar-refractivity contribution in [3.8, 4) is 45.4 Å². The van der Waals surface area contributed by atoms with Crippen molar-refractivity contribution in [3.63, 3.8) is 0 Å². The number of nitrogens with two attached hydrogens (primary N) is 1. The maximum absolute atomic E-state index is 6.82. The molecule has 44 heavy (non-hydrogen) atoms. The third-order valence-electron chi connectivity index (χ3n) is 7.75. The van der Waals surface area contributed by atoms with E-state index in [1.54, 1.807) is 0 Å². The Labute approximate surface area is 259 Å². The molecule has 1 aromatic heterocycles. The average molecular weight is 590 g/mol. The largest absolute Gasteiger partial charge is 0.451 e. The summed E-state index contributed by atoms with van der Waals surface area (Å²) in [6, 6.07) is 43.6. The van der Waals surface area contributed by atoms with E-state index in [9.17, 15) is 0 Å². The van der Waals surface area contributed by atoms with Crippen LogP contribution in [0.3, 0.4) is 0 Å². The zero-order valence-electron chi connectivity index (χ0n) is 23.4. The van der Waals surface area contributed by atoms with Gasteiger partial charge in [-0.3, -0.25) is 4.90 Å². The molecule has 2 heterocycles. The Hall–Kier alpha value is -5.72. The van der Waals surface area contributed by atoms with Crippen molar-refractivity contribution >= 4 is 45.4 Å². The number of benzene rings is 6. The zero-order chi connectivity index (χ0) is 29.6. The molecule has 0 spiro atoms. The van der Waals surface area contributed by atoms with Gasteiger partial charge < -0.3 is 10.5 Å². The van der Waals surface area contributed by atoms with Crippen molar-refractivity contribution in [1.29, 1.82) is 0 Å². The van der Waals surface area contributed by atoms with Crippen LogP contribution in [0.2, 0.25) is 5.02 Å². The van der Waals surface area contributed by atoms with Crippen LogP contribution in [0.15, 0.2) is 133 Å². The molecular formula is C37H24ClN5O. The van der Waals surface area contributed by atoms with E-state index in [0.717, 1.165) is 44.4 Å². The van der Waals surface area contributed by atoms with Crippen LogP contribution in [0.25, 0.3) is 44.7 Å². The molecule has 7 heteroatoms. The van der Waals surface area contributed by atoms with Gasteiger partial charge in [0, 0.05) is 27.8 Å². The van der Waals surface area contributed by atoms with Gasteiger partial charge in [-0.1, -0.05) is 121 Å². The first-order valence-electron chi connectivity index (χ1n) is 14.2. The normalized spacial score (nSPS) is 12.0. The van der Waals surface area contributed by atoms with Crippen molar-refractivity contribution < 1.29 is 4.74 Å². The molecule has 0 radical (unpaired) electrons. The Morgan fingerprint density at radius 3 is 1.86 bits per heavy atom. The molecule has 6 aromatic carbocycles. The van der Waals surface area contributed by atoms with Crippen LogP contribution < -0.4 is 15.4 Å². The van der Waals surface area contributed by atoms with Gasteiger partial charge in [-0.2, -0.15) is 9.97 Å². The van der Waals surface area contributed by atoms with Crippen molar-refractivity contribution in [1.82, 2.24) is 15.0 Å². The lowest BCUT2D eigenvalue weighted by molar-refractivity contribution is 0.482. The predicted octanol–water partition coefficient (Wildman–Crippen LogP) is 9.84. The van der Waals surface area contributed by atoms with Gasteiger partial charge >= 0.3 is 0 Å². The maximum Gasteiger partial charge on any atom is 0.239 e. The summed E-state index contributed by atoms with van der Waals surface area (Å²) in [6.07, 6.45) is 0. The minimum Gasteiger partial charge on any atom is -0.451 e. The Morgan fingerprint density at radius 1 is 0.545 bits per heavy atom. The third kappa shape index (κ3) is 4.32. The van der Waals surface area contributed by atoms with E-state index in [-0.39, 0.29) is 0 Å². The summed E-state index contributed by atoms with van der Waals surface area (Å²) in [5, 5.41) is 2.40. The first-order chi connectivity index (χ1) is 21.7. The van der Waals surface area contributed by atoms with Gasteiger partial charge in [0.15, 0.2) is 23.1 Å². The molecule has 2 N–H and O–H groups in total. The Kier molecular flexibility index (Phi) is 6.21. The van der Waals surface area contributed by atoms with E-state index in [1.165, 1.54) is 0 Å². The lowest BCUT2D eigenvalue weighted by Gasteiger charge is -2.33. The van der Waals surface area contributed by atoms with E-state index in [1.807, 2.05) is 120 Å².